The zero-order chi connectivity index (χ0) is 17.1. The molecule has 2 unspecified atom stereocenters. The second-order valence-corrected chi connectivity index (χ2v) is 6.32. The third kappa shape index (κ3) is 3.58. The molecule has 0 saturated carbocycles. The van der Waals surface area contributed by atoms with Gasteiger partial charge in [-0.2, -0.15) is 0 Å². The average Bonchev–Trinajstić information content (AvgIpc) is 3.04. The lowest BCUT2D eigenvalue weighted by atomic mass is 10.0. The third-order valence-electron chi connectivity index (χ3n) is 4.44. The topological polar surface area (TPSA) is 29.5 Å². The number of aryl methyl sites for hydroxylation is 1. The summed E-state index contributed by atoms with van der Waals surface area (Å²) in [4.78, 5) is 14.7. The number of benzene rings is 2. The molecule has 2 atom stereocenters. The number of hydrogen-bond donors (Lipinski definition) is 0. The molecule has 126 valence electrons. The van der Waals surface area contributed by atoms with Gasteiger partial charge in [-0.15, -0.1) is 0 Å². The van der Waals surface area contributed by atoms with Crippen LogP contribution in [0.4, 0.5) is 4.39 Å². The maximum atomic E-state index is 13.1. The van der Waals surface area contributed by atoms with Crippen molar-refractivity contribution in [3.63, 3.8) is 0 Å². The number of carbonyl (C=O) groups excluding carboxylic acids is 1. The fourth-order valence-electron chi connectivity index (χ4n) is 3.24. The van der Waals surface area contributed by atoms with Crippen LogP contribution in [-0.4, -0.2) is 23.5 Å². The van der Waals surface area contributed by atoms with Crippen LogP contribution in [0.25, 0.3) is 0 Å². The molecule has 1 aliphatic heterocycles. The van der Waals surface area contributed by atoms with E-state index in [1.165, 1.54) is 12.1 Å². The minimum atomic E-state index is -0.548. The summed E-state index contributed by atoms with van der Waals surface area (Å²) in [6.07, 6.45) is 1.30. The van der Waals surface area contributed by atoms with Gasteiger partial charge >= 0.3 is 0 Å². The van der Waals surface area contributed by atoms with Gasteiger partial charge in [-0.25, -0.2) is 4.39 Å². The molecular formula is C20H22FNO2. The molecule has 3 rings (SSSR count). The number of nitrogens with zero attached hydrogens (tertiary/aromatic N) is 1. The van der Waals surface area contributed by atoms with Crippen molar-refractivity contribution in [3.05, 3.63) is 65.5 Å². The quantitative estimate of drug-likeness (QED) is 0.839. The van der Waals surface area contributed by atoms with Gasteiger partial charge in [0, 0.05) is 6.54 Å². The van der Waals surface area contributed by atoms with E-state index in [4.69, 9.17) is 4.74 Å². The Labute approximate surface area is 142 Å². The molecule has 4 heteroatoms. The number of carbonyl (C=O) groups is 1. The summed E-state index contributed by atoms with van der Waals surface area (Å²) >= 11 is 0. The van der Waals surface area contributed by atoms with Crippen molar-refractivity contribution in [2.45, 2.75) is 38.8 Å². The molecule has 2 aromatic carbocycles. The first kappa shape index (κ1) is 16.5. The Kier molecular flexibility index (Phi) is 4.84. The summed E-state index contributed by atoms with van der Waals surface area (Å²) in [5, 5.41) is 0. The lowest BCUT2D eigenvalue weighted by molar-refractivity contribution is -0.138. The smallest absolute Gasteiger partial charge is 0.263 e. The number of halogens is 1. The molecule has 0 radical (unpaired) electrons. The molecule has 1 saturated heterocycles. The molecule has 0 bridgehead atoms. The molecule has 0 spiro atoms. The Balaban J connectivity index is 1.71. The lowest BCUT2D eigenvalue weighted by Gasteiger charge is -2.28. The zero-order valence-corrected chi connectivity index (χ0v) is 14.0. The Morgan fingerprint density at radius 3 is 2.71 bits per heavy atom. The van der Waals surface area contributed by atoms with Gasteiger partial charge in [-0.1, -0.05) is 24.3 Å². The van der Waals surface area contributed by atoms with Crippen molar-refractivity contribution in [1.82, 2.24) is 4.90 Å². The van der Waals surface area contributed by atoms with Gasteiger partial charge in [-0.05, 0) is 62.1 Å². The van der Waals surface area contributed by atoms with E-state index >= 15 is 0 Å². The molecule has 0 aromatic heterocycles. The molecule has 1 fully saturated rings. The van der Waals surface area contributed by atoms with E-state index in [0.717, 1.165) is 24.0 Å². The normalized spacial score (nSPS) is 18.5. The summed E-state index contributed by atoms with van der Waals surface area (Å²) in [6.45, 7) is 4.48. The third-order valence-corrected chi connectivity index (χ3v) is 4.44. The predicted molar refractivity (Wildman–Crippen MR) is 91.4 cm³/mol. The van der Waals surface area contributed by atoms with E-state index in [0.29, 0.717) is 12.3 Å². The Bertz CT molecular complexity index is 714. The van der Waals surface area contributed by atoms with E-state index in [9.17, 15) is 9.18 Å². The highest BCUT2D eigenvalue weighted by atomic mass is 19.1. The van der Waals surface area contributed by atoms with Crippen molar-refractivity contribution in [1.29, 1.82) is 0 Å². The second kappa shape index (κ2) is 7.04. The van der Waals surface area contributed by atoms with Gasteiger partial charge < -0.3 is 9.64 Å². The molecule has 1 aliphatic rings. The van der Waals surface area contributed by atoms with Crippen LogP contribution in [0.2, 0.25) is 0 Å². The molecule has 3 nitrogen and oxygen atoms in total. The first-order valence-corrected chi connectivity index (χ1v) is 8.34. The second-order valence-electron chi connectivity index (χ2n) is 6.32. The SMILES string of the molecule is Cc1cccc(OC(C)C(=O)N2CCCC2c2ccc(F)cc2)c1. The Morgan fingerprint density at radius 2 is 2.00 bits per heavy atom. The van der Waals surface area contributed by atoms with Crippen LogP contribution in [-0.2, 0) is 4.79 Å². The van der Waals surface area contributed by atoms with Crippen LogP contribution in [0, 0.1) is 12.7 Å². The summed E-state index contributed by atoms with van der Waals surface area (Å²) in [5.74, 6) is 0.419. The molecular weight excluding hydrogens is 305 g/mol. The lowest BCUT2D eigenvalue weighted by Crippen LogP contribution is -2.40. The predicted octanol–water partition coefficient (Wildman–Crippen LogP) is 4.27. The van der Waals surface area contributed by atoms with Crippen LogP contribution >= 0.6 is 0 Å². The summed E-state index contributed by atoms with van der Waals surface area (Å²) in [5.41, 5.74) is 2.07. The van der Waals surface area contributed by atoms with Crippen molar-refractivity contribution < 1.29 is 13.9 Å². The molecule has 2 aromatic rings. The van der Waals surface area contributed by atoms with Crippen molar-refractivity contribution >= 4 is 5.91 Å². The van der Waals surface area contributed by atoms with Gasteiger partial charge in [0.1, 0.15) is 11.6 Å². The van der Waals surface area contributed by atoms with Gasteiger partial charge in [0.05, 0.1) is 6.04 Å². The van der Waals surface area contributed by atoms with E-state index in [-0.39, 0.29) is 17.8 Å². The highest BCUT2D eigenvalue weighted by Gasteiger charge is 2.33. The van der Waals surface area contributed by atoms with Crippen molar-refractivity contribution in [2.75, 3.05) is 6.54 Å². The minimum Gasteiger partial charge on any atom is -0.481 e. The number of likely N-dealkylation sites (tertiary alicyclic amines) is 1. The van der Waals surface area contributed by atoms with Gasteiger partial charge in [0.25, 0.3) is 5.91 Å². The van der Waals surface area contributed by atoms with Crippen LogP contribution < -0.4 is 4.74 Å². The van der Waals surface area contributed by atoms with Crippen LogP contribution in [0.3, 0.4) is 0 Å². The summed E-state index contributed by atoms with van der Waals surface area (Å²) < 4.78 is 19.0. The summed E-state index contributed by atoms with van der Waals surface area (Å²) in [7, 11) is 0. The van der Waals surface area contributed by atoms with E-state index in [2.05, 4.69) is 0 Å². The minimum absolute atomic E-state index is 0.00154. The van der Waals surface area contributed by atoms with Crippen molar-refractivity contribution in [3.8, 4) is 5.75 Å². The van der Waals surface area contributed by atoms with Crippen molar-refractivity contribution in [2.24, 2.45) is 0 Å². The van der Waals surface area contributed by atoms with E-state index in [1.54, 1.807) is 19.1 Å². The fraction of sp³-hybridized carbons (Fsp3) is 0.350. The molecule has 1 amide bonds. The Morgan fingerprint density at radius 1 is 1.25 bits per heavy atom. The number of ether oxygens (including phenoxy) is 1. The van der Waals surface area contributed by atoms with Gasteiger partial charge in [0.15, 0.2) is 6.10 Å². The molecule has 0 aliphatic carbocycles. The molecule has 1 heterocycles. The van der Waals surface area contributed by atoms with Crippen LogP contribution in [0.1, 0.15) is 36.9 Å². The number of rotatable bonds is 4. The molecule has 24 heavy (non-hydrogen) atoms. The summed E-state index contributed by atoms with van der Waals surface area (Å²) in [6, 6.07) is 14.1. The van der Waals surface area contributed by atoms with E-state index in [1.807, 2.05) is 36.1 Å². The average molecular weight is 327 g/mol. The Hall–Kier alpha value is -2.36. The van der Waals surface area contributed by atoms with Crippen LogP contribution in [0.5, 0.6) is 5.75 Å². The number of hydrogen-bond acceptors (Lipinski definition) is 2. The zero-order valence-electron chi connectivity index (χ0n) is 14.0. The van der Waals surface area contributed by atoms with Gasteiger partial charge in [0.2, 0.25) is 0 Å². The standard InChI is InChI=1S/C20H22FNO2/c1-14-5-3-6-18(13-14)24-15(2)20(23)22-12-4-7-19(22)16-8-10-17(21)11-9-16/h3,5-6,8-11,13,15,19H,4,7,12H2,1-2H3. The highest BCUT2D eigenvalue weighted by Crippen LogP contribution is 2.32. The first-order valence-electron chi connectivity index (χ1n) is 8.34. The van der Waals surface area contributed by atoms with E-state index < -0.39 is 6.10 Å². The fourth-order valence-corrected chi connectivity index (χ4v) is 3.24. The largest absolute Gasteiger partial charge is 0.481 e. The maximum absolute atomic E-state index is 13.1. The first-order chi connectivity index (χ1) is 11.5. The highest BCUT2D eigenvalue weighted by molar-refractivity contribution is 5.81. The van der Waals surface area contributed by atoms with Gasteiger partial charge in [-0.3, -0.25) is 4.79 Å². The van der Waals surface area contributed by atoms with Crippen LogP contribution in [0.15, 0.2) is 48.5 Å². The number of amides is 1. The maximum Gasteiger partial charge on any atom is 0.263 e. The monoisotopic (exact) mass is 327 g/mol. The molecule has 0 N–H and O–H groups in total.